The topological polar surface area (TPSA) is 133 Å². The Morgan fingerprint density at radius 1 is 1.19 bits per heavy atom. The predicted octanol–water partition coefficient (Wildman–Crippen LogP) is 0.958. The van der Waals surface area contributed by atoms with Crippen molar-refractivity contribution in [2.75, 3.05) is 23.4 Å². The van der Waals surface area contributed by atoms with Gasteiger partial charge in [0.05, 0.1) is 5.75 Å². The first-order valence-electron chi connectivity index (χ1n) is 7.62. The molecule has 1 heterocycles. The Kier molecular flexibility index (Phi) is 6.66. The molecule has 0 atom stereocenters. The van der Waals surface area contributed by atoms with Crippen LogP contribution in [-0.4, -0.2) is 40.5 Å². The number of amides is 3. The Balaban J connectivity index is 2.31. The lowest BCUT2D eigenvalue weighted by atomic mass is 10.2. The fourth-order valence-corrected chi connectivity index (χ4v) is 2.62. The summed E-state index contributed by atoms with van der Waals surface area (Å²) >= 11 is 0.950. The molecule has 0 aliphatic rings. The van der Waals surface area contributed by atoms with Gasteiger partial charge in [-0.25, -0.2) is 9.37 Å². The molecular formula is C16H16FN5O4S. The fraction of sp³-hybridized carbons (Fsp3) is 0.188. The molecule has 0 unspecified atom stereocenters. The van der Waals surface area contributed by atoms with Crippen molar-refractivity contribution in [3.63, 3.8) is 0 Å². The molecule has 11 heteroatoms. The summed E-state index contributed by atoms with van der Waals surface area (Å²) in [6, 6.07) is 4.70. The summed E-state index contributed by atoms with van der Waals surface area (Å²) in [5, 5.41) is 7.23. The third-order valence-corrected chi connectivity index (χ3v) is 4.03. The number of nitrogens with one attached hydrogen (secondary N) is 4. The summed E-state index contributed by atoms with van der Waals surface area (Å²) < 4.78 is 13.0. The molecule has 142 valence electrons. The second-order valence-electron chi connectivity index (χ2n) is 5.20. The van der Waals surface area contributed by atoms with Crippen LogP contribution in [-0.2, 0) is 9.59 Å². The van der Waals surface area contributed by atoms with Gasteiger partial charge in [-0.1, -0.05) is 11.8 Å². The summed E-state index contributed by atoms with van der Waals surface area (Å²) in [5.41, 5.74) is -0.880. The monoisotopic (exact) mass is 393 g/mol. The lowest BCUT2D eigenvalue weighted by molar-refractivity contribution is -0.118. The number of aromatic nitrogens is 2. The zero-order chi connectivity index (χ0) is 20.0. The van der Waals surface area contributed by atoms with Crippen LogP contribution in [0.4, 0.5) is 15.9 Å². The van der Waals surface area contributed by atoms with Crippen LogP contribution in [0.5, 0.6) is 0 Å². The maximum atomic E-state index is 13.0. The van der Waals surface area contributed by atoms with E-state index in [2.05, 4.69) is 25.9 Å². The molecule has 1 aromatic carbocycles. The molecule has 0 spiro atoms. The van der Waals surface area contributed by atoms with Crippen molar-refractivity contribution >= 4 is 41.0 Å². The number of carbonyl (C=O) groups is 3. The number of aromatic amines is 1. The van der Waals surface area contributed by atoms with Crippen molar-refractivity contribution in [3.8, 4) is 0 Å². The number of nitrogens with zero attached hydrogens (tertiary/aromatic N) is 1. The Hall–Kier alpha value is -3.21. The van der Waals surface area contributed by atoms with Crippen LogP contribution in [0, 0.1) is 5.82 Å². The van der Waals surface area contributed by atoms with E-state index in [4.69, 9.17) is 0 Å². The molecular weight excluding hydrogens is 377 g/mol. The lowest BCUT2D eigenvalue weighted by Gasteiger charge is -2.11. The van der Waals surface area contributed by atoms with Crippen molar-refractivity contribution in [2.24, 2.45) is 0 Å². The van der Waals surface area contributed by atoms with Crippen LogP contribution in [0.1, 0.15) is 17.3 Å². The van der Waals surface area contributed by atoms with Crippen LogP contribution in [0.3, 0.4) is 0 Å². The first kappa shape index (κ1) is 20.1. The third-order valence-electron chi connectivity index (χ3n) is 3.16. The van der Waals surface area contributed by atoms with Gasteiger partial charge in [-0.05, 0) is 24.3 Å². The number of anilines is 2. The normalized spacial score (nSPS) is 10.2. The Morgan fingerprint density at radius 3 is 2.44 bits per heavy atom. The van der Waals surface area contributed by atoms with Gasteiger partial charge in [-0.15, -0.1) is 0 Å². The van der Waals surface area contributed by atoms with Crippen LogP contribution in [0.15, 0.2) is 34.2 Å². The smallest absolute Gasteiger partial charge is 0.277 e. The van der Waals surface area contributed by atoms with E-state index in [-0.39, 0.29) is 33.9 Å². The number of hydrogen-bond acceptors (Lipinski definition) is 6. The summed E-state index contributed by atoms with van der Waals surface area (Å²) in [6.07, 6.45) is 0. The molecule has 0 saturated carbocycles. The van der Waals surface area contributed by atoms with Crippen LogP contribution in [0.2, 0.25) is 0 Å². The molecule has 0 radical (unpaired) electrons. The van der Waals surface area contributed by atoms with Gasteiger partial charge < -0.3 is 16.0 Å². The molecule has 0 aliphatic carbocycles. The summed E-state index contributed by atoms with van der Waals surface area (Å²) in [7, 11) is 1.47. The molecule has 0 bridgehead atoms. The number of rotatable bonds is 6. The van der Waals surface area contributed by atoms with Gasteiger partial charge in [-0.2, -0.15) is 0 Å². The SMILES string of the molecule is CNC(=O)CSc1nc(NC(C)=O)c(NC(=O)c2ccc(F)cc2)c(=O)[nH]1. The Morgan fingerprint density at radius 2 is 1.85 bits per heavy atom. The van der Waals surface area contributed by atoms with Gasteiger partial charge in [0, 0.05) is 19.5 Å². The Bertz CT molecular complexity index is 929. The van der Waals surface area contributed by atoms with E-state index >= 15 is 0 Å². The standard InChI is InChI=1S/C16H16FN5O4S/c1-8(23)19-13-12(20-14(25)9-3-5-10(17)6-4-9)15(26)22-16(21-13)27-7-11(24)18-2/h3-6H,7H2,1-2H3,(H,18,24)(H,20,25)(H2,19,21,22,23,26). The summed E-state index contributed by atoms with van der Waals surface area (Å²) in [6.45, 7) is 1.21. The number of halogens is 1. The first-order valence-corrected chi connectivity index (χ1v) is 8.61. The van der Waals surface area contributed by atoms with Gasteiger partial charge in [-0.3, -0.25) is 24.2 Å². The van der Waals surface area contributed by atoms with Gasteiger partial charge in [0.1, 0.15) is 5.82 Å². The minimum absolute atomic E-state index is 0.000235. The average molecular weight is 393 g/mol. The van der Waals surface area contributed by atoms with Crippen molar-refractivity contribution in [1.29, 1.82) is 0 Å². The molecule has 2 rings (SSSR count). The summed E-state index contributed by atoms with van der Waals surface area (Å²) in [4.78, 5) is 53.8. The van der Waals surface area contributed by atoms with Gasteiger partial charge in [0.2, 0.25) is 11.8 Å². The molecule has 0 fully saturated rings. The van der Waals surface area contributed by atoms with Gasteiger partial charge >= 0.3 is 0 Å². The maximum absolute atomic E-state index is 13.0. The zero-order valence-electron chi connectivity index (χ0n) is 14.4. The first-order chi connectivity index (χ1) is 12.8. The van der Waals surface area contributed by atoms with Gasteiger partial charge in [0.15, 0.2) is 16.7 Å². The van der Waals surface area contributed by atoms with Gasteiger partial charge in [0.25, 0.3) is 11.5 Å². The Labute approximate surface area is 157 Å². The maximum Gasteiger partial charge on any atom is 0.277 e. The van der Waals surface area contributed by atoms with E-state index in [0.29, 0.717) is 0 Å². The molecule has 3 amide bonds. The molecule has 2 aromatic rings. The van der Waals surface area contributed by atoms with Crippen molar-refractivity contribution in [3.05, 3.63) is 46.0 Å². The van der Waals surface area contributed by atoms with Crippen LogP contribution >= 0.6 is 11.8 Å². The molecule has 1 aromatic heterocycles. The minimum atomic E-state index is -0.719. The number of H-pyrrole nitrogens is 1. The minimum Gasteiger partial charge on any atom is -0.358 e. The van der Waals surface area contributed by atoms with E-state index in [1.807, 2.05) is 0 Å². The average Bonchev–Trinajstić information content (AvgIpc) is 2.62. The number of thioether (sulfide) groups is 1. The highest BCUT2D eigenvalue weighted by Crippen LogP contribution is 2.20. The number of hydrogen-bond donors (Lipinski definition) is 4. The molecule has 4 N–H and O–H groups in total. The number of carbonyl (C=O) groups excluding carboxylic acids is 3. The van der Waals surface area contributed by atoms with E-state index in [1.165, 1.54) is 26.1 Å². The molecule has 27 heavy (non-hydrogen) atoms. The molecule has 9 nitrogen and oxygen atoms in total. The highest BCUT2D eigenvalue weighted by molar-refractivity contribution is 7.99. The van der Waals surface area contributed by atoms with E-state index < -0.39 is 23.2 Å². The van der Waals surface area contributed by atoms with Crippen molar-refractivity contribution in [1.82, 2.24) is 15.3 Å². The third kappa shape index (κ3) is 5.64. The zero-order valence-corrected chi connectivity index (χ0v) is 15.2. The van der Waals surface area contributed by atoms with Crippen LogP contribution in [0.25, 0.3) is 0 Å². The van der Waals surface area contributed by atoms with E-state index in [9.17, 15) is 23.6 Å². The highest BCUT2D eigenvalue weighted by atomic mass is 32.2. The number of benzene rings is 1. The second-order valence-corrected chi connectivity index (χ2v) is 6.16. The van der Waals surface area contributed by atoms with Crippen LogP contribution < -0.4 is 21.5 Å². The molecule has 0 saturated heterocycles. The van der Waals surface area contributed by atoms with Crippen molar-refractivity contribution in [2.45, 2.75) is 12.1 Å². The second kappa shape index (κ2) is 8.94. The van der Waals surface area contributed by atoms with Crippen molar-refractivity contribution < 1.29 is 18.8 Å². The quantitative estimate of drug-likeness (QED) is 0.427. The predicted molar refractivity (Wildman–Crippen MR) is 98.3 cm³/mol. The van der Waals surface area contributed by atoms with E-state index in [1.54, 1.807) is 0 Å². The summed E-state index contributed by atoms with van der Waals surface area (Å²) in [5.74, 6) is -2.14. The largest absolute Gasteiger partial charge is 0.358 e. The fourth-order valence-electron chi connectivity index (χ4n) is 1.89. The molecule has 0 aliphatic heterocycles. The lowest BCUT2D eigenvalue weighted by Crippen LogP contribution is -2.25. The highest BCUT2D eigenvalue weighted by Gasteiger charge is 2.17. The van der Waals surface area contributed by atoms with E-state index in [0.717, 1.165) is 23.9 Å².